The van der Waals surface area contributed by atoms with Crippen LogP contribution in [0, 0.1) is 17.7 Å². The Morgan fingerprint density at radius 3 is 2.43 bits per heavy atom. The van der Waals surface area contributed by atoms with Crippen molar-refractivity contribution in [2.45, 2.75) is 51.7 Å². The number of benzene rings is 2. The molecule has 1 fully saturated rings. The van der Waals surface area contributed by atoms with Crippen molar-refractivity contribution in [1.29, 1.82) is 0 Å². The number of hydrogen-bond acceptors (Lipinski definition) is 3. The molecular formula is C24H29FO3. The van der Waals surface area contributed by atoms with Crippen LogP contribution in [0.25, 0.3) is 0 Å². The lowest BCUT2D eigenvalue weighted by Crippen LogP contribution is -2.36. The van der Waals surface area contributed by atoms with Gasteiger partial charge in [0.1, 0.15) is 11.9 Å². The van der Waals surface area contributed by atoms with Crippen molar-refractivity contribution >= 4 is 5.97 Å². The first-order chi connectivity index (χ1) is 13.5. The van der Waals surface area contributed by atoms with Crippen LogP contribution in [-0.2, 0) is 27.1 Å². The summed E-state index contributed by atoms with van der Waals surface area (Å²) in [4.78, 5) is 12.3. The van der Waals surface area contributed by atoms with Crippen molar-refractivity contribution in [3.63, 3.8) is 0 Å². The molecular weight excluding hydrogens is 355 g/mol. The molecule has 0 aliphatic carbocycles. The molecule has 4 heteroatoms. The number of carbonyl (C=O) groups excluding carboxylic acids is 1. The maximum Gasteiger partial charge on any atom is 0.309 e. The van der Waals surface area contributed by atoms with Gasteiger partial charge in [0.05, 0.1) is 12.0 Å². The molecule has 0 bridgehead atoms. The van der Waals surface area contributed by atoms with E-state index in [0.29, 0.717) is 19.4 Å². The fourth-order valence-corrected chi connectivity index (χ4v) is 3.77. The van der Waals surface area contributed by atoms with E-state index < -0.39 is 0 Å². The summed E-state index contributed by atoms with van der Waals surface area (Å²) in [5.74, 6) is -0.558. The van der Waals surface area contributed by atoms with Crippen molar-refractivity contribution in [3.8, 4) is 0 Å². The number of aryl methyl sites for hydroxylation is 1. The van der Waals surface area contributed by atoms with E-state index in [-0.39, 0.29) is 35.8 Å². The van der Waals surface area contributed by atoms with Gasteiger partial charge in [0, 0.05) is 12.5 Å². The summed E-state index contributed by atoms with van der Waals surface area (Å²) >= 11 is 0. The number of rotatable bonds is 5. The van der Waals surface area contributed by atoms with Gasteiger partial charge in [-0.3, -0.25) is 4.79 Å². The van der Waals surface area contributed by atoms with Crippen molar-refractivity contribution in [2.75, 3.05) is 6.61 Å². The highest BCUT2D eigenvalue weighted by molar-refractivity contribution is 5.72. The van der Waals surface area contributed by atoms with Gasteiger partial charge < -0.3 is 9.47 Å². The van der Waals surface area contributed by atoms with Crippen LogP contribution in [0.4, 0.5) is 4.39 Å². The first kappa shape index (κ1) is 20.5. The van der Waals surface area contributed by atoms with Gasteiger partial charge >= 0.3 is 5.97 Å². The van der Waals surface area contributed by atoms with Gasteiger partial charge in [-0.05, 0) is 55.9 Å². The number of hydrogen-bond donors (Lipinski definition) is 0. The first-order valence-electron chi connectivity index (χ1n) is 10.1. The highest BCUT2D eigenvalue weighted by Crippen LogP contribution is 2.27. The first-order valence-corrected chi connectivity index (χ1v) is 10.1. The second-order valence-corrected chi connectivity index (χ2v) is 7.76. The molecule has 0 radical (unpaired) electrons. The molecule has 0 N–H and O–H groups in total. The van der Waals surface area contributed by atoms with Crippen molar-refractivity contribution in [1.82, 2.24) is 0 Å². The van der Waals surface area contributed by atoms with Gasteiger partial charge in [0.2, 0.25) is 0 Å². The summed E-state index contributed by atoms with van der Waals surface area (Å²) in [6, 6.07) is 16.9. The Hall–Kier alpha value is -2.20. The van der Waals surface area contributed by atoms with Gasteiger partial charge in [-0.1, -0.05) is 49.4 Å². The lowest BCUT2D eigenvalue weighted by atomic mass is 9.86. The average molecular weight is 384 g/mol. The molecule has 28 heavy (non-hydrogen) atoms. The summed E-state index contributed by atoms with van der Waals surface area (Å²) in [7, 11) is 0. The smallest absolute Gasteiger partial charge is 0.309 e. The van der Waals surface area contributed by atoms with Gasteiger partial charge in [-0.25, -0.2) is 4.39 Å². The van der Waals surface area contributed by atoms with Crippen LogP contribution in [0.5, 0.6) is 0 Å². The van der Waals surface area contributed by atoms with Crippen molar-refractivity contribution < 1.29 is 18.7 Å². The predicted molar refractivity (Wildman–Crippen MR) is 107 cm³/mol. The lowest BCUT2D eigenvalue weighted by Gasteiger charge is -2.31. The Morgan fingerprint density at radius 2 is 1.71 bits per heavy atom. The second kappa shape index (κ2) is 9.83. The fourth-order valence-electron chi connectivity index (χ4n) is 3.77. The van der Waals surface area contributed by atoms with E-state index in [1.807, 2.05) is 32.0 Å². The molecule has 3 rings (SSSR count). The molecule has 0 amide bonds. The molecule has 150 valence electrons. The van der Waals surface area contributed by atoms with E-state index in [4.69, 9.17) is 9.47 Å². The quantitative estimate of drug-likeness (QED) is 0.683. The minimum Gasteiger partial charge on any atom is -0.462 e. The van der Waals surface area contributed by atoms with Gasteiger partial charge in [0.25, 0.3) is 0 Å². The van der Waals surface area contributed by atoms with E-state index in [1.54, 1.807) is 12.1 Å². The minimum absolute atomic E-state index is 0.0171. The van der Waals surface area contributed by atoms with E-state index in [9.17, 15) is 9.18 Å². The van der Waals surface area contributed by atoms with E-state index in [2.05, 4.69) is 12.1 Å². The molecule has 0 spiro atoms. The minimum atomic E-state index is -0.265. The van der Waals surface area contributed by atoms with Crippen LogP contribution in [0.15, 0.2) is 54.6 Å². The van der Waals surface area contributed by atoms with Gasteiger partial charge in [-0.2, -0.15) is 0 Å². The largest absolute Gasteiger partial charge is 0.462 e. The van der Waals surface area contributed by atoms with Crippen molar-refractivity contribution in [3.05, 3.63) is 71.5 Å². The molecule has 1 saturated heterocycles. The maximum atomic E-state index is 13.3. The van der Waals surface area contributed by atoms with E-state index in [1.165, 1.54) is 17.7 Å². The monoisotopic (exact) mass is 384 g/mol. The van der Waals surface area contributed by atoms with Crippen LogP contribution in [0.3, 0.4) is 0 Å². The molecule has 1 heterocycles. The summed E-state index contributed by atoms with van der Waals surface area (Å²) in [6.07, 6.45) is 2.81. The maximum absolute atomic E-state index is 13.3. The average Bonchev–Trinajstić information content (AvgIpc) is 2.74. The standard InChI is InChI=1S/C24H29FO3/c1-17-14-15-27-23(13-10-19-6-4-3-5-7-19)22(18(2)28-24(17)26)16-20-8-11-21(25)12-9-20/h3-9,11-12,17-18,22-23H,10,13-16H2,1-2H3/t17-,18-,22-,23+/m0/s1. The topological polar surface area (TPSA) is 35.5 Å². The molecule has 0 aromatic heterocycles. The summed E-state index contributed by atoms with van der Waals surface area (Å²) in [5, 5.41) is 0. The predicted octanol–water partition coefficient (Wildman–Crippen LogP) is 4.97. The van der Waals surface area contributed by atoms with Crippen LogP contribution in [-0.4, -0.2) is 24.8 Å². The third-order valence-electron chi connectivity index (χ3n) is 5.61. The van der Waals surface area contributed by atoms with Gasteiger partial charge in [0.15, 0.2) is 0 Å². The van der Waals surface area contributed by atoms with Crippen molar-refractivity contribution in [2.24, 2.45) is 11.8 Å². The van der Waals surface area contributed by atoms with Gasteiger partial charge in [-0.15, -0.1) is 0 Å². The Balaban J connectivity index is 1.79. The molecule has 1 aliphatic heterocycles. The number of carbonyl (C=O) groups is 1. The van der Waals surface area contributed by atoms with E-state index in [0.717, 1.165) is 18.4 Å². The summed E-state index contributed by atoms with van der Waals surface area (Å²) < 4.78 is 25.4. The SMILES string of the molecule is C[C@@H]1OC(=O)[C@@H](C)CCO[C@H](CCc2ccccc2)[C@H]1Cc1ccc(F)cc1. The third kappa shape index (κ3) is 5.65. The normalized spacial score (nSPS) is 26.0. The number of ether oxygens (including phenoxy) is 2. The number of halogens is 1. The van der Waals surface area contributed by atoms with Crippen LogP contribution in [0.1, 0.15) is 37.8 Å². The zero-order valence-electron chi connectivity index (χ0n) is 16.6. The van der Waals surface area contributed by atoms with E-state index >= 15 is 0 Å². The third-order valence-corrected chi connectivity index (χ3v) is 5.61. The molecule has 2 aromatic rings. The molecule has 3 nitrogen and oxygen atoms in total. The fraction of sp³-hybridized carbons (Fsp3) is 0.458. The van der Waals surface area contributed by atoms with Crippen LogP contribution < -0.4 is 0 Å². The van der Waals surface area contributed by atoms with Crippen LogP contribution >= 0.6 is 0 Å². The highest BCUT2D eigenvalue weighted by Gasteiger charge is 2.33. The molecule has 2 aromatic carbocycles. The Morgan fingerprint density at radius 1 is 1.00 bits per heavy atom. The lowest BCUT2D eigenvalue weighted by molar-refractivity contribution is -0.156. The zero-order chi connectivity index (χ0) is 19.9. The molecule has 4 atom stereocenters. The van der Waals surface area contributed by atoms with Crippen LogP contribution in [0.2, 0.25) is 0 Å². The Labute approximate surface area is 166 Å². The number of esters is 1. The molecule has 0 unspecified atom stereocenters. The Kier molecular flexibility index (Phi) is 7.21. The summed E-state index contributed by atoms with van der Waals surface area (Å²) in [5.41, 5.74) is 2.29. The molecule has 0 saturated carbocycles. The zero-order valence-corrected chi connectivity index (χ0v) is 16.6. The Bertz CT molecular complexity index is 744. The molecule has 1 aliphatic rings. The number of cyclic esters (lactones) is 1. The highest BCUT2D eigenvalue weighted by atomic mass is 19.1. The second-order valence-electron chi connectivity index (χ2n) is 7.76. The summed E-state index contributed by atoms with van der Waals surface area (Å²) in [6.45, 7) is 4.38.